The summed E-state index contributed by atoms with van der Waals surface area (Å²) in [5.41, 5.74) is 2.90. The predicted octanol–water partition coefficient (Wildman–Crippen LogP) is 3.29. The van der Waals surface area contributed by atoms with E-state index in [0.717, 1.165) is 11.1 Å². The summed E-state index contributed by atoms with van der Waals surface area (Å²) in [6.07, 6.45) is 0. The molecule has 0 radical (unpaired) electrons. The molecule has 0 aliphatic rings. The molecule has 8 nitrogen and oxygen atoms in total. The molecular weight excluding hydrogens is 382 g/mol. The van der Waals surface area contributed by atoms with Gasteiger partial charge in [-0.3, -0.25) is 10.1 Å². The Morgan fingerprint density at radius 2 is 2.00 bits per heavy atom. The van der Waals surface area contributed by atoms with E-state index in [1.165, 1.54) is 11.3 Å². The van der Waals surface area contributed by atoms with Crippen molar-refractivity contribution in [2.75, 3.05) is 25.1 Å². The number of benzene rings is 1. The van der Waals surface area contributed by atoms with E-state index in [0.29, 0.717) is 23.8 Å². The van der Waals surface area contributed by atoms with E-state index in [2.05, 4.69) is 15.5 Å². The number of esters is 1. The number of anilines is 1. The molecule has 0 saturated heterocycles. The highest BCUT2D eigenvalue weighted by atomic mass is 32.1. The lowest BCUT2D eigenvalue weighted by molar-refractivity contribution is -0.153. The summed E-state index contributed by atoms with van der Waals surface area (Å²) in [6, 6.07) is 9.59. The largest absolute Gasteiger partial charge is 0.456 e. The van der Waals surface area contributed by atoms with Crippen LogP contribution in [0.1, 0.15) is 12.7 Å². The van der Waals surface area contributed by atoms with Crippen LogP contribution in [0, 0.1) is 6.92 Å². The van der Waals surface area contributed by atoms with Gasteiger partial charge in [0.15, 0.2) is 5.13 Å². The van der Waals surface area contributed by atoms with E-state index in [-0.39, 0.29) is 18.3 Å². The smallest absolute Gasteiger partial charge is 0.397 e. The highest BCUT2D eigenvalue weighted by molar-refractivity contribution is 7.14. The van der Waals surface area contributed by atoms with Gasteiger partial charge in [-0.25, -0.2) is 9.78 Å². The molecule has 0 bridgehead atoms. The average molecular weight is 401 g/mol. The van der Waals surface area contributed by atoms with Crippen molar-refractivity contribution >= 4 is 28.3 Å². The third-order valence-electron chi connectivity index (χ3n) is 3.74. The molecular formula is C19H19N3O5S. The number of aryl methyl sites for hydroxylation is 1. The molecule has 146 valence electrons. The lowest BCUT2D eigenvalue weighted by Gasteiger charge is -2.04. The van der Waals surface area contributed by atoms with Crippen molar-refractivity contribution in [1.82, 2.24) is 10.1 Å². The Morgan fingerprint density at radius 1 is 1.21 bits per heavy atom. The van der Waals surface area contributed by atoms with Crippen molar-refractivity contribution in [3.63, 3.8) is 0 Å². The molecule has 3 rings (SSSR count). The molecule has 1 amide bonds. The number of nitrogens with zero attached hydrogens (tertiary/aromatic N) is 2. The number of aromatic nitrogens is 2. The van der Waals surface area contributed by atoms with Crippen LogP contribution in [0.25, 0.3) is 22.5 Å². The van der Waals surface area contributed by atoms with Crippen molar-refractivity contribution < 1.29 is 23.6 Å². The van der Waals surface area contributed by atoms with E-state index in [1.54, 1.807) is 12.3 Å². The molecule has 1 N–H and O–H groups in total. The number of hydrogen-bond acceptors (Lipinski definition) is 8. The Morgan fingerprint density at radius 3 is 2.75 bits per heavy atom. The zero-order chi connectivity index (χ0) is 19.9. The number of carbonyl (C=O) groups is 2. The number of ether oxygens (including phenoxy) is 2. The van der Waals surface area contributed by atoms with E-state index < -0.39 is 11.9 Å². The van der Waals surface area contributed by atoms with Crippen LogP contribution in [-0.4, -0.2) is 41.8 Å². The summed E-state index contributed by atoms with van der Waals surface area (Å²) in [6.45, 7) is 4.39. The molecule has 0 unspecified atom stereocenters. The minimum absolute atomic E-state index is 0.0174. The fourth-order valence-corrected chi connectivity index (χ4v) is 3.16. The molecule has 2 heterocycles. The third kappa shape index (κ3) is 4.62. The van der Waals surface area contributed by atoms with Crippen LogP contribution in [0.3, 0.4) is 0 Å². The second-order valence-electron chi connectivity index (χ2n) is 5.65. The molecule has 3 aromatic rings. The average Bonchev–Trinajstić information content (AvgIpc) is 3.31. The van der Waals surface area contributed by atoms with Gasteiger partial charge in [0.1, 0.15) is 18.1 Å². The van der Waals surface area contributed by atoms with E-state index >= 15 is 0 Å². The summed E-state index contributed by atoms with van der Waals surface area (Å²) in [5, 5.41) is 8.62. The lowest BCUT2D eigenvalue weighted by Crippen LogP contribution is -2.26. The number of nitrogens with one attached hydrogen (secondary N) is 1. The monoisotopic (exact) mass is 401 g/mol. The van der Waals surface area contributed by atoms with Crippen LogP contribution in [-0.2, 0) is 19.1 Å². The van der Waals surface area contributed by atoms with Gasteiger partial charge >= 0.3 is 11.9 Å². The first-order valence-electron chi connectivity index (χ1n) is 8.63. The number of thiazole rings is 1. The Bertz CT molecular complexity index is 952. The highest BCUT2D eigenvalue weighted by Crippen LogP contribution is 2.35. The highest BCUT2D eigenvalue weighted by Gasteiger charge is 2.21. The predicted molar refractivity (Wildman–Crippen MR) is 104 cm³/mol. The molecule has 9 heteroatoms. The minimum Gasteiger partial charge on any atom is -0.456 e. The summed E-state index contributed by atoms with van der Waals surface area (Å²) in [7, 11) is 0. The van der Waals surface area contributed by atoms with E-state index in [9.17, 15) is 9.59 Å². The zero-order valence-electron chi connectivity index (χ0n) is 15.4. The molecule has 0 aliphatic heterocycles. The van der Waals surface area contributed by atoms with E-state index in [4.69, 9.17) is 14.0 Å². The Kier molecular flexibility index (Phi) is 6.51. The van der Waals surface area contributed by atoms with Crippen LogP contribution in [0.5, 0.6) is 0 Å². The lowest BCUT2D eigenvalue weighted by atomic mass is 10.0. The van der Waals surface area contributed by atoms with Gasteiger partial charge in [0.25, 0.3) is 0 Å². The zero-order valence-corrected chi connectivity index (χ0v) is 16.2. The number of rotatable bonds is 7. The number of carbonyl (C=O) groups excluding carboxylic acids is 2. The van der Waals surface area contributed by atoms with Crippen molar-refractivity contribution in [3.05, 3.63) is 41.5 Å². The van der Waals surface area contributed by atoms with Crippen LogP contribution in [0.2, 0.25) is 0 Å². The normalized spacial score (nSPS) is 10.6. The maximum atomic E-state index is 11.9. The summed E-state index contributed by atoms with van der Waals surface area (Å²) < 4.78 is 15.2. The van der Waals surface area contributed by atoms with Crippen LogP contribution < -0.4 is 5.32 Å². The van der Waals surface area contributed by atoms with Crippen molar-refractivity contribution in [2.24, 2.45) is 0 Å². The van der Waals surface area contributed by atoms with Crippen molar-refractivity contribution in [3.8, 4) is 22.5 Å². The first-order valence-corrected chi connectivity index (χ1v) is 9.51. The molecule has 0 fully saturated rings. The Balaban J connectivity index is 1.71. The molecule has 0 saturated carbocycles. The molecule has 1 aromatic carbocycles. The summed E-state index contributed by atoms with van der Waals surface area (Å²) in [4.78, 5) is 28.0. The molecule has 0 aliphatic carbocycles. The second-order valence-corrected chi connectivity index (χ2v) is 6.51. The molecule has 28 heavy (non-hydrogen) atoms. The first kappa shape index (κ1) is 19.7. The Hall–Kier alpha value is -3.04. The second kappa shape index (κ2) is 9.25. The summed E-state index contributed by atoms with van der Waals surface area (Å²) >= 11 is 1.19. The summed E-state index contributed by atoms with van der Waals surface area (Å²) in [5.74, 6) is -1.26. The van der Waals surface area contributed by atoms with Gasteiger partial charge in [0.05, 0.1) is 17.9 Å². The number of amides is 1. The maximum absolute atomic E-state index is 11.9. The Labute approximate surface area is 165 Å². The van der Waals surface area contributed by atoms with Crippen LogP contribution in [0.15, 0.2) is 40.2 Å². The van der Waals surface area contributed by atoms with Crippen LogP contribution in [0.4, 0.5) is 5.13 Å². The topological polar surface area (TPSA) is 104 Å². The van der Waals surface area contributed by atoms with Gasteiger partial charge in [-0.1, -0.05) is 35.5 Å². The van der Waals surface area contributed by atoms with Gasteiger partial charge in [-0.15, -0.1) is 11.3 Å². The van der Waals surface area contributed by atoms with Crippen molar-refractivity contribution in [1.29, 1.82) is 0 Å². The van der Waals surface area contributed by atoms with Gasteiger partial charge in [0.2, 0.25) is 0 Å². The molecule has 2 aromatic heterocycles. The van der Waals surface area contributed by atoms with Crippen molar-refractivity contribution in [2.45, 2.75) is 13.8 Å². The van der Waals surface area contributed by atoms with Gasteiger partial charge in [-0.05, 0) is 13.8 Å². The minimum atomic E-state index is -0.984. The van der Waals surface area contributed by atoms with Crippen LogP contribution >= 0.6 is 11.3 Å². The SMILES string of the molecule is CCOCCOC(=O)C(=O)Nc1nc(-c2c(-c3ccccc3)noc2C)cs1. The van der Waals surface area contributed by atoms with Gasteiger partial charge in [0, 0.05) is 17.6 Å². The maximum Gasteiger partial charge on any atom is 0.397 e. The standard InChI is InChI=1S/C19H19N3O5S/c1-3-25-9-10-26-18(24)17(23)21-19-20-14(11-28-19)15-12(2)27-22-16(15)13-7-5-4-6-8-13/h4-8,11H,3,9-10H2,1-2H3,(H,20,21,23). The van der Waals surface area contributed by atoms with Gasteiger partial charge in [-0.2, -0.15) is 0 Å². The quantitative estimate of drug-likeness (QED) is 0.368. The van der Waals surface area contributed by atoms with E-state index in [1.807, 2.05) is 37.3 Å². The first-order chi connectivity index (χ1) is 13.6. The number of hydrogen-bond donors (Lipinski definition) is 1. The third-order valence-corrected chi connectivity index (χ3v) is 4.50. The molecule has 0 spiro atoms. The van der Waals surface area contributed by atoms with Gasteiger partial charge < -0.3 is 14.0 Å². The molecule has 0 atom stereocenters. The fraction of sp³-hybridized carbons (Fsp3) is 0.263. The fourth-order valence-electron chi connectivity index (χ4n) is 2.46.